The Morgan fingerprint density at radius 1 is 1.25 bits per heavy atom. The van der Waals surface area contributed by atoms with E-state index in [0.717, 1.165) is 17.1 Å². The molecule has 0 heterocycles. The van der Waals surface area contributed by atoms with E-state index < -0.39 is 0 Å². The SMILES string of the molecule is CC=C(C)Oc1ccc(C(=O)C(C)C)cc1. The minimum Gasteiger partial charge on any atom is -0.462 e. The van der Waals surface area contributed by atoms with E-state index in [-0.39, 0.29) is 11.7 Å². The highest BCUT2D eigenvalue weighted by Crippen LogP contribution is 2.17. The van der Waals surface area contributed by atoms with E-state index in [2.05, 4.69) is 0 Å². The lowest BCUT2D eigenvalue weighted by Gasteiger charge is -2.07. The monoisotopic (exact) mass is 218 g/mol. The van der Waals surface area contributed by atoms with Gasteiger partial charge in [0.05, 0.1) is 5.76 Å². The van der Waals surface area contributed by atoms with Crippen molar-refractivity contribution >= 4 is 5.78 Å². The molecule has 0 bridgehead atoms. The van der Waals surface area contributed by atoms with Gasteiger partial charge >= 0.3 is 0 Å². The molecule has 1 aromatic carbocycles. The second kappa shape index (κ2) is 5.50. The standard InChI is InChI=1S/C14H18O2/c1-5-11(4)16-13-8-6-12(7-9-13)14(15)10(2)3/h5-10H,1-4H3. The van der Waals surface area contributed by atoms with Gasteiger partial charge in [0.15, 0.2) is 5.78 Å². The summed E-state index contributed by atoms with van der Waals surface area (Å²) >= 11 is 0. The number of hydrogen-bond donors (Lipinski definition) is 0. The Bertz CT molecular complexity index is 386. The van der Waals surface area contributed by atoms with E-state index in [0.29, 0.717) is 0 Å². The van der Waals surface area contributed by atoms with Gasteiger partial charge in [0.2, 0.25) is 0 Å². The van der Waals surface area contributed by atoms with Gasteiger partial charge in [0, 0.05) is 11.5 Å². The summed E-state index contributed by atoms with van der Waals surface area (Å²) < 4.78 is 5.51. The molecule has 2 nitrogen and oxygen atoms in total. The molecule has 0 radical (unpaired) electrons. The molecule has 0 fully saturated rings. The van der Waals surface area contributed by atoms with Crippen LogP contribution < -0.4 is 4.74 Å². The zero-order valence-corrected chi connectivity index (χ0v) is 10.3. The van der Waals surface area contributed by atoms with Crippen LogP contribution in [0.1, 0.15) is 38.1 Å². The van der Waals surface area contributed by atoms with Crippen LogP contribution in [0.2, 0.25) is 0 Å². The van der Waals surface area contributed by atoms with Crippen LogP contribution in [0.5, 0.6) is 5.75 Å². The van der Waals surface area contributed by atoms with Crippen LogP contribution in [0.4, 0.5) is 0 Å². The first-order valence-corrected chi connectivity index (χ1v) is 5.49. The zero-order valence-electron chi connectivity index (χ0n) is 10.3. The Labute approximate surface area is 96.9 Å². The molecule has 0 aliphatic heterocycles. The maximum absolute atomic E-state index is 11.7. The molecule has 86 valence electrons. The molecule has 1 rings (SSSR count). The highest BCUT2D eigenvalue weighted by atomic mass is 16.5. The zero-order chi connectivity index (χ0) is 12.1. The van der Waals surface area contributed by atoms with Gasteiger partial charge in [-0.25, -0.2) is 0 Å². The van der Waals surface area contributed by atoms with Crippen LogP contribution in [-0.2, 0) is 0 Å². The summed E-state index contributed by atoms with van der Waals surface area (Å²) in [5.74, 6) is 1.80. The quantitative estimate of drug-likeness (QED) is 0.567. The third-order valence-corrected chi connectivity index (χ3v) is 2.35. The fourth-order valence-electron chi connectivity index (χ4n) is 1.27. The maximum atomic E-state index is 11.7. The van der Waals surface area contributed by atoms with Crippen molar-refractivity contribution in [2.24, 2.45) is 5.92 Å². The van der Waals surface area contributed by atoms with Crippen LogP contribution in [0.25, 0.3) is 0 Å². The van der Waals surface area contributed by atoms with Crippen LogP contribution in [0, 0.1) is 5.92 Å². The van der Waals surface area contributed by atoms with E-state index in [1.165, 1.54) is 0 Å². The van der Waals surface area contributed by atoms with Crippen LogP contribution >= 0.6 is 0 Å². The van der Waals surface area contributed by atoms with Gasteiger partial charge < -0.3 is 4.74 Å². The molecule has 0 atom stereocenters. The third kappa shape index (κ3) is 3.23. The molecular formula is C14H18O2. The van der Waals surface area contributed by atoms with Gasteiger partial charge in [0.1, 0.15) is 5.75 Å². The van der Waals surface area contributed by atoms with Gasteiger partial charge in [-0.1, -0.05) is 13.8 Å². The average molecular weight is 218 g/mol. The molecule has 0 amide bonds. The molecule has 0 aromatic heterocycles. The van der Waals surface area contributed by atoms with Crippen molar-refractivity contribution in [3.05, 3.63) is 41.7 Å². The van der Waals surface area contributed by atoms with Gasteiger partial charge in [-0.05, 0) is 44.2 Å². The Morgan fingerprint density at radius 2 is 1.81 bits per heavy atom. The molecule has 1 aromatic rings. The molecular weight excluding hydrogens is 200 g/mol. The Kier molecular flexibility index (Phi) is 4.29. The van der Waals surface area contributed by atoms with Crippen molar-refractivity contribution in [1.29, 1.82) is 0 Å². The lowest BCUT2D eigenvalue weighted by Crippen LogP contribution is -2.06. The number of allylic oxidation sites excluding steroid dienone is 2. The number of carbonyl (C=O) groups is 1. The summed E-state index contributed by atoms with van der Waals surface area (Å²) in [5, 5.41) is 0. The summed E-state index contributed by atoms with van der Waals surface area (Å²) in [6, 6.07) is 7.26. The summed E-state index contributed by atoms with van der Waals surface area (Å²) in [7, 11) is 0. The second-order valence-corrected chi connectivity index (χ2v) is 4.04. The minimum absolute atomic E-state index is 0.0315. The van der Waals surface area contributed by atoms with Crippen LogP contribution in [0.15, 0.2) is 36.1 Å². The number of carbonyl (C=O) groups excluding carboxylic acids is 1. The first-order chi connectivity index (χ1) is 7.54. The molecule has 0 aliphatic rings. The average Bonchev–Trinajstić information content (AvgIpc) is 2.28. The lowest BCUT2D eigenvalue weighted by atomic mass is 10.0. The predicted molar refractivity (Wildman–Crippen MR) is 65.7 cm³/mol. The smallest absolute Gasteiger partial charge is 0.165 e. The highest BCUT2D eigenvalue weighted by Gasteiger charge is 2.09. The van der Waals surface area contributed by atoms with Crippen molar-refractivity contribution in [2.45, 2.75) is 27.7 Å². The van der Waals surface area contributed by atoms with Crippen molar-refractivity contribution in [1.82, 2.24) is 0 Å². The van der Waals surface area contributed by atoms with E-state index >= 15 is 0 Å². The number of rotatable bonds is 4. The largest absolute Gasteiger partial charge is 0.462 e. The summed E-state index contributed by atoms with van der Waals surface area (Å²) in [5.41, 5.74) is 0.737. The van der Waals surface area contributed by atoms with E-state index in [1.54, 1.807) is 12.1 Å². The first-order valence-electron chi connectivity index (χ1n) is 5.49. The Morgan fingerprint density at radius 3 is 2.25 bits per heavy atom. The van der Waals surface area contributed by atoms with Crippen LogP contribution in [0.3, 0.4) is 0 Å². The van der Waals surface area contributed by atoms with Crippen molar-refractivity contribution in [2.75, 3.05) is 0 Å². The summed E-state index contributed by atoms with van der Waals surface area (Å²) in [4.78, 5) is 11.7. The Balaban J connectivity index is 2.79. The summed E-state index contributed by atoms with van der Waals surface area (Å²) in [6.07, 6.45) is 1.90. The topological polar surface area (TPSA) is 26.3 Å². The molecule has 0 saturated heterocycles. The summed E-state index contributed by atoms with van der Waals surface area (Å²) in [6.45, 7) is 7.62. The minimum atomic E-state index is 0.0315. The fourth-order valence-corrected chi connectivity index (χ4v) is 1.27. The molecule has 0 saturated carbocycles. The van der Waals surface area contributed by atoms with E-state index in [9.17, 15) is 4.79 Å². The maximum Gasteiger partial charge on any atom is 0.165 e. The molecule has 16 heavy (non-hydrogen) atoms. The number of Topliss-reactive ketones (excluding diaryl/α,β-unsaturated/α-hetero) is 1. The fraction of sp³-hybridized carbons (Fsp3) is 0.357. The van der Waals surface area contributed by atoms with Crippen molar-refractivity contribution in [3.8, 4) is 5.75 Å². The van der Waals surface area contributed by atoms with Gasteiger partial charge in [-0.3, -0.25) is 4.79 Å². The number of ether oxygens (including phenoxy) is 1. The molecule has 0 unspecified atom stereocenters. The predicted octanol–water partition coefficient (Wildman–Crippen LogP) is 3.83. The lowest BCUT2D eigenvalue weighted by molar-refractivity contribution is 0.0939. The molecule has 0 N–H and O–H groups in total. The van der Waals surface area contributed by atoms with Crippen molar-refractivity contribution in [3.63, 3.8) is 0 Å². The third-order valence-electron chi connectivity index (χ3n) is 2.35. The first kappa shape index (κ1) is 12.5. The molecule has 0 aliphatic carbocycles. The van der Waals surface area contributed by atoms with E-state index in [4.69, 9.17) is 4.74 Å². The highest BCUT2D eigenvalue weighted by molar-refractivity contribution is 5.97. The van der Waals surface area contributed by atoms with Gasteiger partial charge in [0.25, 0.3) is 0 Å². The second-order valence-electron chi connectivity index (χ2n) is 4.04. The van der Waals surface area contributed by atoms with E-state index in [1.807, 2.05) is 45.9 Å². The molecule has 0 spiro atoms. The van der Waals surface area contributed by atoms with Gasteiger partial charge in [-0.15, -0.1) is 0 Å². The molecule has 2 heteroatoms. The number of ketones is 1. The van der Waals surface area contributed by atoms with Gasteiger partial charge in [-0.2, -0.15) is 0 Å². The number of benzene rings is 1. The Hall–Kier alpha value is -1.57. The van der Waals surface area contributed by atoms with Crippen LogP contribution in [-0.4, -0.2) is 5.78 Å². The normalized spacial score (nSPS) is 11.7. The number of hydrogen-bond acceptors (Lipinski definition) is 2. The van der Waals surface area contributed by atoms with Crippen molar-refractivity contribution < 1.29 is 9.53 Å².